The van der Waals surface area contributed by atoms with Crippen LogP contribution < -0.4 is 15.4 Å². The van der Waals surface area contributed by atoms with Crippen LogP contribution in [-0.4, -0.2) is 28.5 Å². The number of ether oxygens (including phenoxy) is 1. The molecule has 22 heavy (non-hydrogen) atoms. The number of hydrogen-bond acceptors (Lipinski definition) is 5. The van der Waals surface area contributed by atoms with Gasteiger partial charge in [0, 0.05) is 18.7 Å². The molecule has 7 heteroatoms. The quantitative estimate of drug-likeness (QED) is 0.439. The van der Waals surface area contributed by atoms with Crippen LogP contribution >= 0.6 is 0 Å². The smallest absolute Gasteiger partial charge is 0.319 e. The minimum atomic E-state index is -0.637. The van der Waals surface area contributed by atoms with E-state index >= 15 is 0 Å². The summed E-state index contributed by atoms with van der Waals surface area (Å²) in [4.78, 5) is 11.8. The number of anilines is 1. The highest BCUT2D eigenvalue weighted by Gasteiger charge is 2.10. The molecule has 5 N–H and O–H groups in total. The molecule has 0 fully saturated rings. The maximum absolute atomic E-state index is 11.8. The number of benzene rings is 2. The van der Waals surface area contributed by atoms with Gasteiger partial charge in [-0.1, -0.05) is 12.1 Å². The first-order valence-corrected chi connectivity index (χ1v) is 6.42. The third-order valence-electron chi connectivity index (χ3n) is 2.91. The third kappa shape index (κ3) is 3.72. The Hall–Kier alpha value is -3.09. The van der Waals surface area contributed by atoms with Crippen LogP contribution in [0.3, 0.4) is 0 Å². The SMILES string of the molecule is COc1cccc(CNC(=O)Nc2cc(O)c(O)c(O)c2)c1. The second-order valence-electron chi connectivity index (χ2n) is 4.52. The first-order chi connectivity index (χ1) is 10.5. The Balaban J connectivity index is 1.95. The number of urea groups is 1. The van der Waals surface area contributed by atoms with Crippen molar-refractivity contribution in [3.05, 3.63) is 42.0 Å². The maximum Gasteiger partial charge on any atom is 0.319 e. The minimum Gasteiger partial charge on any atom is -0.504 e. The molecule has 2 aromatic carbocycles. The molecule has 0 bridgehead atoms. The van der Waals surface area contributed by atoms with E-state index in [1.165, 1.54) is 0 Å². The van der Waals surface area contributed by atoms with Gasteiger partial charge in [-0.2, -0.15) is 0 Å². The molecule has 0 unspecified atom stereocenters. The number of hydrogen-bond donors (Lipinski definition) is 5. The average Bonchev–Trinajstić information content (AvgIpc) is 2.50. The fourth-order valence-corrected chi connectivity index (χ4v) is 1.82. The Morgan fingerprint density at radius 1 is 1.14 bits per heavy atom. The highest BCUT2D eigenvalue weighted by atomic mass is 16.5. The monoisotopic (exact) mass is 304 g/mol. The zero-order chi connectivity index (χ0) is 16.1. The van der Waals surface area contributed by atoms with E-state index in [1.807, 2.05) is 12.1 Å². The van der Waals surface area contributed by atoms with Crippen LogP contribution in [0, 0.1) is 0 Å². The molecule has 0 spiro atoms. The number of carbonyl (C=O) groups is 1. The lowest BCUT2D eigenvalue weighted by Gasteiger charge is -2.10. The fraction of sp³-hybridized carbons (Fsp3) is 0.133. The molecule has 0 saturated heterocycles. The molecule has 2 rings (SSSR count). The predicted molar refractivity (Wildman–Crippen MR) is 80.3 cm³/mol. The van der Waals surface area contributed by atoms with E-state index in [-0.39, 0.29) is 12.2 Å². The van der Waals surface area contributed by atoms with Crippen molar-refractivity contribution in [3.63, 3.8) is 0 Å². The van der Waals surface area contributed by atoms with E-state index < -0.39 is 23.3 Å². The Bertz CT molecular complexity index is 664. The van der Waals surface area contributed by atoms with Crippen molar-refractivity contribution in [2.45, 2.75) is 6.54 Å². The number of phenols is 3. The molecule has 0 aliphatic rings. The van der Waals surface area contributed by atoms with Gasteiger partial charge in [0.1, 0.15) is 5.75 Å². The van der Waals surface area contributed by atoms with Crippen molar-refractivity contribution >= 4 is 11.7 Å². The lowest BCUT2D eigenvalue weighted by atomic mass is 10.2. The Kier molecular flexibility index (Phi) is 4.57. The lowest BCUT2D eigenvalue weighted by Crippen LogP contribution is -2.28. The van der Waals surface area contributed by atoms with Crippen LogP contribution in [-0.2, 0) is 6.54 Å². The molecule has 0 atom stereocenters. The molecule has 2 amide bonds. The van der Waals surface area contributed by atoms with E-state index in [0.29, 0.717) is 5.75 Å². The topological polar surface area (TPSA) is 111 Å². The number of aromatic hydroxyl groups is 3. The van der Waals surface area contributed by atoms with Crippen molar-refractivity contribution < 1.29 is 24.9 Å². The first-order valence-electron chi connectivity index (χ1n) is 6.42. The lowest BCUT2D eigenvalue weighted by molar-refractivity contribution is 0.251. The second-order valence-corrected chi connectivity index (χ2v) is 4.52. The predicted octanol–water partition coefficient (Wildman–Crippen LogP) is 2.13. The number of rotatable bonds is 4. The third-order valence-corrected chi connectivity index (χ3v) is 2.91. The maximum atomic E-state index is 11.8. The van der Waals surface area contributed by atoms with Gasteiger partial charge in [0.2, 0.25) is 0 Å². The molecule has 7 nitrogen and oxygen atoms in total. The molecule has 0 saturated carbocycles. The zero-order valence-corrected chi connectivity index (χ0v) is 11.8. The Morgan fingerprint density at radius 3 is 2.45 bits per heavy atom. The van der Waals surface area contributed by atoms with Crippen molar-refractivity contribution in [1.82, 2.24) is 5.32 Å². The normalized spacial score (nSPS) is 10.0. The van der Waals surface area contributed by atoms with Gasteiger partial charge in [0.15, 0.2) is 17.2 Å². The van der Waals surface area contributed by atoms with Gasteiger partial charge in [-0.25, -0.2) is 4.79 Å². The van der Waals surface area contributed by atoms with Gasteiger partial charge in [0.25, 0.3) is 0 Å². The van der Waals surface area contributed by atoms with Crippen LogP contribution in [0.2, 0.25) is 0 Å². The summed E-state index contributed by atoms with van der Waals surface area (Å²) in [5, 5.41) is 33.0. The van der Waals surface area contributed by atoms with Crippen LogP contribution in [0.4, 0.5) is 10.5 Å². The number of phenolic OH excluding ortho intramolecular Hbond substituents is 3. The largest absolute Gasteiger partial charge is 0.504 e. The molecule has 0 aliphatic carbocycles. The fourth-order valence-electron chi connectivity index (χ4n) is 1.82. The molecule has 0 aromatic heterocycles. The van der Waals surface area contributed by atoms with Crippen LogP contribution in [0.5, 0.6) is 23.0 Å². The van der Waals surface area contributed by atoms with Crippen LogP contribution in [0.25, 0.3) is 0 Å². The second kappa shape index (κ2) is 6.57. The van der Waals surface area contributed by atoms with Crippen LogP contribution in [0.15, 0.2) is 36.4 Å². The molecular formula is C15H16N2O5. The zero-order valence-electron chi connectivity index (χ0n) is 11.8. The standard InChI is InChI=1S/C15H16N2O5/c1-22-11-4-2-3-9(5-11)8-16-15(21)17-10-6-12(18)14(20)13(19)7-10/h2-7,18-20H,8H2,1H3,(H2,16,17,21). The average molecular weight is 304 g/mol. The van der Waals surface area contributed by atoms with Crippen molar-refractivity contribution in [2.24, 2.45) is 0 Å². The highest BCUT2D eigenvalue weighted by Crippen LogP contribution is 2.37. The van der Waals surface area contributed by atoms with E-state index in [1.54, 1.807) is 19.2 Å². The van der Waals surface area contributed by atoms with Gasteiger partial charge in [-0.05, 0) is 17.7 Å². The summed E-state index contributed by atoms with van der Waals surface area (Å²) in [5.41, 5.74) is 1.00. The number of methoxy groups -OCH3 is 1. The number of carbonyl (C=O) groups excluding carboxylic acids is 1. The van der Waals surface area contributed by atoms with Gasteiger partial charge >= 0.3 is 6.03 Å². The number of nitrogens with one attached hydrogen (secondary N) is 2. The molecule has 116 valence electrons. The van der Waals surface area contributed by atoms with Gasteiger partial charge in [0.05, 0.1) is 12.8 Å². The van der Waals surface area contributed by atoms with E-state index in [0.717, 1.165) is 17.7 Å². The summed E-state index contributed by atoms with van der Waals surface area (Å²) in [7, 11) is 1.56. The summed E-state index contributed by atoms with van der Waals surface area (Å²) in [6.07, 6.45) is 0. The molecular weight excluding hydrogens is 288 g/mol. The molecule has 0 heterocycles. The summed E-state index contributed by atoms with van der Waals surface area (Å²) >= 11 is 0. The Labute approximate surface area is 126 Å². The van der Waals surface area contributed by atoms with Crippen molar-refractivity contribution in [1.29, 1.82) is 0 Å². The van der Waals surface area contributed by atoms with E-state index in [2.05, 4.69) is 10.6 Å². The highest BCUT2D eigenvalue weighted by molar-refractivity contribution is 5.90. The molecule has 0 aliphatic heterocycles. The summed E-state index contributed by atoms with van der Waals surface area (Å²) < 4.78 is 5.09. The summed E-state index contributed by atoms with van der Waals surface area (Å²) in [6.45, 7) is 0.277. The summed E-state index contributed by atoms with van der Waals surface area (Å²) in [6, 6.07) is 8.96. The van der Waals surface area contributed by atoms with Gasteiger partial charge in [-0.15, -0.1) is 0 Å². The van der Waals surface area contributed by atoms with Crippen LogP contribution in [0.1, 0.15) is 5.56 Å². The molecule has 2 aromatic rings. The Morgan fingerprint density at radius 2 is 1.82 bits per heavy atom. The van der Waals surface area contributed by atoms with E-state index in [4.69, 9.17) is 4.74 Å². The minimum absolute atomic E-state index is 0.149. The van der Waals surface area contributed by atoms with Gasteiger partial charge < -0.3 is 30.7 Å². The number of amides is 2. The molecule has 0 radical (unpaired) electrons. The van der Waals surface area contributed by atoms with Crippen molar-refractivity contribution in [2.75, 3.05) is 12.4 Å². The van der Waals surface area contributed by atoms with Gasteiger partial charge in [-0.3, -0.25) is 0 Å². The van der Waals surface area contributed by atoms with E-state index in [9.17, 15) is 20.1 Å². The first kappa shape index (κ1) is 15.3. The van der Waals surface area contributed by atoms with Crippen molar-refractivity contribution in [3.8, 4) is 23.0 Å². The summed E-state index contributed by atoms with van der Waals surface area (Å²) in [5.74, 6) is -0.999.